The smallest absolute Gasteiger partial charge is 0.216 e. The summed E-state index contributed by atoms with van der Waals surface area (Å²) in [7, 11) is 0. The molecule has 1 amide bonds. The second-order valence-corrected chi connectivity index (χ2v) is 4.44. The van der Waals surface area contributed by atoms with Gasteiger partial charge in [0.25, 0.3) is 0 Å². The zero-order valence-electron chi connectivity index (χ0n) is 11.8. The normalized spacial score (nSPS) is 11.3. The molecular formula is C13H28N4O. The summed E-state index contributed by atoms with van der Waals surface area (Å²) in [6.07, 6.45) is 7.55. The molecule has 0 aromatic heterocycles. The van der Waals surface area contributed by atoms with Crippen LogP contribution >= 0.6 is 0 Å². The third-order valence-corrected chi connectivity index (χ3v) is 2.60. The molecule has 0 heterocycles. The van der Waals surface area contributed by atoms with Gasteiger partial charge in [-0.1, -0.05) is 39.0 Å². The van der Waals surface area contributed by atoms with Crippen LogP contribution in [0.15, 0.2) is 4.99 Å². The zero-order chi connectivity index (χ0) is 13.6. The number of hydrogen-bond donors (Lipinski definition) is 3. The molecule has 0 aliphatic heterocycles. The first-order chi connectivity index (χ1) is 8.66. The van der Waals surface area contributed by atoms with E-state index in [1.165, 1.54) is 39.0 Å². The first kappa shape index (κ1) is 16.7. The van der Waals surface area contributed by atoms with E-state index in [0.29, 0.717) is 19.0 Å². The topological polar surface area (TPSA) is 79.5 Å². The number of amides is 1. The molecule has 0 spiro atoms. The minimum Gasteiger partial charge on any atom is -0.370 e. The number of rotatable bonds is 10. The molecule has 0 aliphatic carbocycles. The van der Waals surface area contributed by atoms with Gasteiger partial charge in [-0.05, 0) is 6.42 Å². The van der Waals surface area contributed by atoms with Gasteiger partial charge in [-0.2, -0.15) is 0 Å². The Morgan fingerprint density at radius 1 is 1.06 bits per heavy atom. The molecule has 0 atom stereocenters. The van der Waals surface area contributed by atoms with E-state index >= 15 is 0 Å². The van der Waals surface area contributed by atoms with Gasteiger partial charge in [-0.3, -0.25) is 9.79 Å². The number of unbranched alkanes of at least 4 members (excludes halogenated alkanes) is 5. The number of nitrogens with two attached hydrogens (primary N) is 1. The summed E-state index contributed by atoms with van der Waals surface area (Å²) >= 11 is 0. The number of nitrogens with zero attached hydrogens (tertiary/aromatic N) is 1. The van der Waals surface area contributed by atoms with Crippen LogP contribution in [0.2, 0.25) is 0 Å². The highest BCUT2D eigenvalue weighted by Gasteiger charge is 1.93. The van der Waals surface area contributed by atoms with E-state index in [0.717, 1.165) is 13.0 Å². The lowest BCUT2D eigenvalue weighted by Crippen LogP contribution is -2.38. The molecule has 0 saturated carbocycles. The Labute approximate surface area is 111 Å². The summed E-state index contributed by atoms with van der Waals surface area (Å²) in [6, 6.07) is 0. The van der Waals surface area contributed by atoms with Crippen LogP contribution in [0, 0.1) is 0 Å². The van der Waals surface area contributed by atoms with Crippen molar-refractivity contribution in [1.82, 2.24) is 10.6 Å². The van der Waals surface area contributed by atoms with Gasteiger partial charge in [-0.25, -0.2) is 0 Å². The molecule has 0 radical (unpaired) electrons. The predicted molar refractivity (Wildman–Crippen MR) is 76.6 cm³/mol. The average Bonchev–Trinajstić information content (AvgIpc) is 2.33. The van der Waals surface area contributed by atoms with Crippen LogP contribution in [0.25, 0.3) is 0 Å². The Bertz CT molecular complexity index is 241. The second kappa shape index (κ2) is 12.2. The Balaban J connectivity index is 3.33. The van der Waals surface area contributed by atoms with Gasteiger partial charge < -0.3 is 16.4 Å². The Hall–Kier alpha value is -1.26. The van der Waals surface area contributed by atoms with Gasteiger partial charge in [-0.15, -0.1) is 0 Å². The van der Waals surface area contributed by atoms with Crippen LogP contribution in [-0.4, -0.2) is 31.5 Å². The fourth-order valence-electron chi connectivity index (χ4n) is 1.58. The molecule has 5 heteroatoms. The van der Waals surface area contributed by atoms with Gasteiger partial charge in [0, 0.05) is 26.6 Å². The van der Waals surface area contributed by atoms with Crippen molar-refractivity contribution in [2.75, 3.05) is 19.6 Å². The van der Waals surface area contributed by atoms with Gasteiger partial charge in [0.1, 0.15) is 0 Å². The van der Waals surface area contributed by atoms with Crippen molar-refractivity contribution in [3.63, 3.8) is 0 Å². The largest absolute Gasteiger partial charge is 0.370 e. The van der Waals surface area contributed by atoms with Crippen LogP contribution in [0.4, 0.5) is 0 Å². The molecule has 4 N–H and O–H groups in total. The molecule has 0 rings (SSSR count). The Morgan fingerprint density at radius 3 is 2.33 bits per heavy atom. The van der Waals surface area contributed by atoms with E-state index in [2.05, 4.69) is 22.5 Å². The van der Waals surface area contributed by atoms with Crippen LogP contribution in [0.3, 0.4) is 0 Å². The maximum atomic E-state index is 10.6. The summed E-state index contributed by atoms with van der Waals surface area (Å²) in [6.45, 7) is 5.69. The molecule has 0 bridgehead atoms. The standard InChI is InChI=1S/C13H28N4O/c1-3-4-5-6-7-8-9-16-13(14)17-11-10-15-12(2)18/h3-11H2,1-2H3,(H,15,18)(H3,14,16,17). The van der Waals surface area contributed by atoms with E-state index in [1.54, 1.807) is 0 Å². The molecule has 0 aromatic carbocycles. The molecule has 5 nitrogen and oxygen atoms in total. The maximum absolute atomic E-state index is 10.6. The van der Waals surface area contributed by atoms with Crippen molar-refractivity contribution in [3.8, 4) is 0 Å². The lowest BCUT2D eigenvalue weighted by Gasteiger charge is -2.05. The van der Waals surface area contributed by atoms with Crippen molar-refractivity contribution in [1.29, 1.82) is 0 Å². The van der Waals surface area contributed by atoms with E-state index in [9.17, 15) is 4.79 Å². The van der Waals surface area contributed by atoms with E-state index in [-0.39, 0.29) is 5.91 Å². The summed E-state index contributed by atoms with van der Waals surface area (Å²) in [5.74, 6) is 0.438. The highest BCUT2D eigenvalue weighted by Crippen LogP contribution is 2.04. The zero-order valence-corrected chi connectivity index (χ0v) is 11.8. The van der Waals surface area contributed by atoms with Crippen molar-refractivity contribution in [2.24, 2.45) is 10.7 Å². The second-order valence-electron chi connectivity index (χ2n) is 4.44. The molecule has 0 unspecified atom stereocenters. The molecule has 0 aromatic rings. The minimum atomic E-state index is -0.0283. The van der Waals surface area contributed by atoms with Crippen LogP contribution in [0.5, 0.6) is 0 Å². The number of nitrogens with one attached hydrogen (secondary N) is 2. The summed E-state index contributed by atoms with van der Waals surface area (Å²) in [5, 5.41) is 5.65. The SMILES string of the molecule is CCCCCCCCN=C(N)NCCNC(C)=O. The monoisotopic (exact) mass is 256 g/mol. The van der Waals surface area contributed by atoms with Gasteiger partial charge >= 0.3 is 0 Å². The Kier molecular flexibility index (Phi) is 11.3. The first-order valence-corrected chi connectivity index (χ1v) is 6.95. The lowest BCUT2D eigenvalue weighted by atomic mass is 10.1. The van der Waals surface area contributed by atoms with Gasteiger partial charge in [0.05, 0.1) is 0 Å². The van der Waals surface area contributed by atoms with E-state index in [4.69, 9.17) is 5.73 Å². The molecule has 18 heavy (non-hydrogen) atoms. The molecule has 0 saturated heterocycles. The average molecular weight is 256 g/mol. The number of aliphatic imine (C=N–C) groups is 1. The quantitative estimate of drug-likeness (QED) is 0.314. The lowest BCUT2D eigenvalue weighted by molar-refractivity contribution is -0.118. The molecular weight excluding hydrogens is 228 g/mol. The third kappa shape index (κ3) is 12.8. The van der Waals surface area contributed by atoms with Crippen LogP contribution < -0.4 is 16.4 Å². The first-order valence-electron chi connectivity index (χ1n) is 6.95. The number of carbonyl (C=O) groups excluding carboxylic acids is 1. The predicted octanol–water partition coefficient (Wildman–Crippen LogP) is 1.39. The van der Waals surface area contributed by atoms with Crippen LogP contribution in [-0.2, 0) is 4.79 Å². The van der Waals surface area contributed by atoms with Crippen molar-refractivity contribution in [2.45, 2.75) is 52.4 Å². The fraction of sp³-hybridized carbons (Fsp3) is 0.846. The summed E-state index contributed by atoms with van der Waals surface area (Å²) in [4.78, 5) is 14.8. The maximum Gasteiger partial charge on any atom is 0.216 e. The van der Waals surface area contributed by atoms with E-state index < -0.39 is 0 Å². The highest BCUT2D eigenvalue weighted by molar-refractivity contribution is 5.78. The number of carbonyl (C=O) groups is 1. The van der Waals surface area contributed by atoms with E-state index in [1.807, 2.05) is 0 Å². The van der Waals surface area contributed by atoms with Gasteiger partial charge in [0.2, 0.25) is 5.91 Å². The molecule has 0 aliphatic rings. The van der Waals surface area contributed by atoms with Crippen molar-refractivity contribution in [3.05, 3.63) is 0 Å². The van der Waals surface area contributed by atoms with Gasteiger partial charge in [0.15, 0.2) is 5.96 Å². The molecule has 106 valence electrons. The Morgan fingerprint density at radius 2 is 1.67 bits per heavy atom. The third-order valence-electron chi connectivity index (χ3n) is 2.60. The minimum absolute atomic E-state index is 0.0283. The number of guanidine groups is 1. The van der Waals surface area contributed by atoms with Crippen molar-refractivity contribution >= 4 is 11.9 Å². The van der Waals surface area contributed by atoms with Crippen molar-refractivity contribution < 1.29 is 4.79 Å². The fourth-order valence-corrected chi connectivity index (χ4v) is 1.58. The number of hydrogen-bond acceptors (Lipinski definition) is 2. The summed E-state index contributed by atoms with van der Waals surface area (Å²) in [5.41, 5.74) is 5.68. The molecule has 0 fully saturated rings. The van der Waals surface area contributed by atoms with Crippen LogP contribution in [0.1, 0.15) is 52.4 Å². The summed E-state index contributed by atoms with van der Waals surface area (Å²) < 4.78 is 0. The highest BCUT2D eigenvalue weighted by atomic mass is 16.1.